The number of carbonyl (C=O) groups excluding carboxylic acids is 2. The third-order valence-electron chi connectivity index (χ3n) is 6.33. The maximum absolute atomic E-state index is 13.6. The predicted molar refractivity (Wildman–Crippen MR) is 139 cm³/mol. The molecule has 11 nitrogen and oxygen atoms in total. The third kappa shape index (κ3) is 5.60. The summed E-state index contributed by atoms with van der Waals surface area (Å²) in [5.41, 5.74) is 6.63. The summed E-state index contributed by atoms with van der Waals surface area (Å²) in [5.74, 6) is -0.267. The molecular weight excluding hydrogens is 515 g/mol. The number of fused-ring (bicyclic) bond motifs is 1. The third-order valence-corrected chi connectivity index (χ3v) is 6.33. The van der Waals surface area contributed by atoms with Crippen LogP contribution in [0.15, 0.2) is 55.1 Å². The van der Waals surface area contributed by atoms with E-state index in [9.17, 15) is 22.8 Å². The van der Waals surface area contributed by atoms with E-state index in [1.54, 1.807) is 35.2 Å². The van der Waals surface area contributed by atoms with E-state index in [2.05, 4.69) is 25.6 Å². The van der Waals surface area contributed by atoms with E-state index in [1.807, 2.05) is 11.9 Å². The lowest BCUT2D eigenvalue weighted by Gasteiger charge is -2.32. The molecule has 0 radical (unpaired) electrons. The number of urea groups is 1. The minimum atomic E-state index is -4.70. The molecule has 3 heterocycles. The first kappa shape index (κ1) is 25.9. The van der Waals surface area contributed by atoms with Crippen molar-refractivity contribution in [3.8, 4) is 5.69 Å². The van der Waals surface area contributed by atoms with Crippen molar-refractivity contribution in [1.29, 1.82) is 0 Å². The summed E-state index contributed by atoms with van der Waals surface area (Å²) < 4.78 is 42.4. The number of hydrogen-bond donors (Lipinski definition) is 3. The first-order chi connectivity index (χ1) is 18.6. The lowest BCUT2D eigenvalue weighted by molar-refractivity contribution is -0.137. The van der Waals surface area contributed by atoms with E-state index in [4.69, 9.17) is 5.73 Å². The predicted octanol–water partition coefficient (Wildman–Crippen LogP) is 3.45. The van der Waals surface area contributed by atoms with Crippen molar-refractivity contribution in [3.63, 3.8) is 0 Å². The number of amides is 3. The summed E-state index contributed by atoms with van der Waals surface area (Å²) in [5, 5.41) is 4.98. The average Bonchev–Trinajstić information content (AvgIpc) is 3.34. The van der Waals surface area contributed by atoms with Crippen LogP contribution in [0.2, 0.25) is 0 Å². The van der Waals surface area contributed by atoms with Crippen molar-refractivity contribution in [2.75, 3.05) is 49.6 Å². The van der Waals surface area contributed by atoms with Crippen LogP contribution in [0.5, 0.6) is 0 Å². The van der Waals surface area contributed by atoms with Crippen LogP contribution in [0, 0.1) is 0 Å². The second kappa shape index (κ2) is 10.2. The number of likely N-dealkylation sites (N-methyl/N-ethyl adjacent to an activating group) is 1. The van der Waals surface area contributed by atoms with Crippen LogP contribution in [-0.4, -0.2) is 74.5 Å². The molecule has 0 unspecified atom stereocenters. The summed E-state index contributed by atoms with van der Waals surface area (Å²) in [4.78, 5) is 41.3. The lowest BCUT2D eigenvalue weighted by Crippen LogP contribution is -2.47. The van der Waals surface area contributed by atoms with Crippen molar-refractivity contribution in [2.45, 2.75) is 6.18 Å². The van der Waals surface area contributed by atoms with E-state index in [-0.39, 0.29) is 17.1 Å². The molecule has 39 heavy (non-hydrogen) atoms. The van der Waals surface area contributed by atoms with Crippen molar-refractivity contribution >= 4 is 40.3 Å². The van der Waals surface area contributed by atoms with Gasteiger partial charge in [-0.1, -0.05) is 0 Å². The molecule has 2 aromatic heterocycles. The SMILES string of the molecule is CN1CCN(C(=O)c2cc(NC(=O)Nc3ccc(-n4cnc5ncnc(N)c54)cc3)cc(C(F)(F)F)c2)CC1. The molecule has 4 aromatic rings. The number of imidazole rings is 1. The first-order valence-electron chi connectivity index (χ1n) is 11.9. The van der Waals surface area contributed by atoms with Gasteiger partial charge in [0.2, 0.25) is 0 Å². The highest BCUT2D eigenvalue weighted by atomic mass is 19.4. The Morgan fingerprint density at radius 2 is 1.62 bits per heavy atom. The molecular formula is C25H24F3N9O2. The van der Waals surface area contributed by atoms with E-state index in [0.717, 1.165) is 12.1 Å². The van der Waals surface area contributed by atoms with Gasteiger partial charge in [-0.2, -0.15) is 13.2 Å². The highest BCUT2D eigenvalue weighted by Gasteiger charge is 2.33. The molecule has 4 N–H and O–H groups in total. The Hall–Kier alpha value is -4.72. The summed E-state index contributed by atoms with van der Waals surface area (Å²) >= 11 is 0. The molecule has 202 valence electrons. The molecule has 0 spiro atoms. The number of nitrogen functional groups attached to an aromatic ring is 1. The Balaban J connectivity index is 1.32. The van der Waals surface area contributed by atoms with Crippen LogP contribution in [0.1, 0.15) is 15.9 Å². The summed E-state index contributed by atoms with van der Waals surface area (Å²) in [6.45, 7) is 2.04. The number of aromatic nitrogens is 4. The molecule has 3 amide bonds. The largest absolute Gasteiger partial charge is 0.416 e. The summed E-state index contributed by atoms with van der Waals surface area (Å²) in [6.07, 6.45) is -1.84. The number of carbonyl (C=O) groups is 2. The number of nitrogens with two attached hydrogens (primary N) is 1. The minimum absolute atomic E-state index is 0.148. The standard InChI is InChI=1S/C25H24F3N9O2/c1-35-6-8-36(9-7-35)23(38)15-10-16(25(26,27)28)12-18(11-15)34-24(39)33-17-2-4-19(5-3-17)37-14-32-22-20(37)21(29)30-13-31-22/h2-5,10-14H,6-9H2,1H3,(H2,29,30,31)(H2,33,34,39). The second-order valence-electron chi connectivity index (χ2n) is 9.06. The van der Waals surface area contributed by atoms with E-state index < -0.39 is 23.7 Å². The fraction of sp³-hybridized carbons (Fsp3) is 0.240. The Labute approximate surface area is 220 Å². The molecule has 1 aliphatic heterocycles. The first-order valence-corrected chi connectivity index (χ1v) is 11.9. The Morgan fingerprint density at radius 3 is 2.31 bits per heavy atom. The topological polar surface area (TPSA) is 134 Å². The van der Waals surface area contributed by atoms with Crippen molar-refractivity contribution in [2.24, 2.45) is 0 Å². The number of nitrogens with one attached hydrogen (secondary N) is 2. The number of nitrogens with zero attached hydrogens (tertiary/aromatic N) is 6. The van der Waals surface area contributed by atoms with Crippen LogP contribution in [0.3, 0.4) is 0 Å². The lowest BCUT2D eigenvalue weighted by atomic mass is 10.1. The van der Waals surface area contributed by atoms with Crippen molar-refractivity contribution in [3.05, 3.63) is 66.2 Å². The number of halogens is 3. The molecule has 0 atom stereocenters. The summed E-state index contributed by atoms with van der Waals surface area (Å²) in [7, 11) is 1.91. The van der Waals surface area contributed by atoms with Crippen LogP contribution in [0.4, 0.5) is 35.2 Å². The Morgan fingerprint density at radius 1 is 0.923 bits per heavy atom. The average molecular weight is 540 g/mol. The molecule has 5 rings (SSSR count). The Bertz CT molecular complexity index is 1530. The van der Waals surface area contributed by atoms with Gasteiger partial charge in [0.15, 0.2) is 11.5 Å². The number of anilines is 3. The van der Waals surface area contributed by atoms with E-state index >= 15 is 0 Å². The van der Waals surface area contributed by atoms with Gasteiger partial charge in [-0.25, -0.2) is 19.7 Å². The van der Waals surface area contributed by atoms with Gasteiger partial charge in [0.25, 0.3) is 5.91 Å². The Kier molecular flexibility index (Phi) is 6.78. The van der Waals surface area contributed by atoms with Crippen LogP contribution < -0.4 is 16.4 Å². The van der Waals surface area contributed by atoms with Gasteiger partial charge in [-0.15, -0.1) is 0 Å². The molecule has 1 fully saturated rings. The molecule has 1 saturated heterocycles. The van der Waals surface area contributed by atoms with Gasteiger partial charge in [-0.3, -0.25) is 9.36 Å². The molecule has 14 heteroatoms. The van der Waals surface area contributed by atoms with Crippen LogP contribution >= 0.6 is 0 Å². The normalized spacial score (nSPS) is 14.4. The molecule has 0 bridgehead atoms. The highest BCUT2D eigenvalue weighted by Crippen LogP contribution is 2.32. The summed E-state index contributed by atoms with van der Waals surface area (Å²) in [6, 6.07) is 8.67. The zero-order valence-corrected chi connectivity index (χ0v) is 20.7. The number of rotatable bonds is 4. The van der Waals surface area contributed by atoms with Crippen LogP contribution in [-0.2, 0) is 6.18 Å². The van der Waals surface area contributed by atoms with Gasteiger partial charge in [0.1, 0.15) is 18.2 Å². The van der Waals surface area contributed by atoms with Crippen molar-refractivity contribution < 1.29 is 22.8 Å². The fourth-order valence-electron chi connectivity index (χ4n) is 4.25. The van der Waals surface area contributed by atoms with Gasteiger partial charge in [0, 0.05) is 48.8 Å². The van der Waals surface area contributed by atoms with E-state index in [1.165, 1.54) is 17.3 Å². The second-order valence-corrected chi connectivity index (χ2v) is 9.06. The molecule has 1 aliphatic rings. The van der Waals surface area contributed by atoms with Gasteiger partial charge >= 0.3 is 12.2 Å². The number of piperazine rings is 1. The van der Waals surface area contributed by atoms with Gasteiger partial charge in [0.05, 0.1) is 5.56 Å². The van der Waals surface area contributed by atoms with Crippen LogP contribution in [0.25, 0.3) is 16.9 Å². The van der Waals surface area contributed by atoms with Crippen molar-refractivity contribution in [1.82, 2.24) is 29.3 Å². The minimum Gasteiger partial charge on any atom is -0.382 e. The number of hydrogen-bond acceptors (Lipinski definition) is 7. The maximum atomic E-state index is 13.6. The highest BCUT2D eigenvalue weighted by molar-refractivity contribution is 6.01. The molecule has 2 aromatic carbocycles. The number of alkyl halides is 3. The zero-order valence-electron chi connectivity index (χ0n) is 20.7. The maximum Gasteiger partial charge on any atom is 0.416 e. The van der Waals surface area contributed by atoms with Gasteiger partial charge in [-0.05, 0) is 49.5 Å². The monoisotopic (exact) mass is 539 g/mol. The smallest absolute Gasteiger partial charge is 0.382 e. The molecule has 0 saturated carbocycles. The fourth-order valence-corrected chi connectivity index (χ4v) is 4.25. The van der Waals surface area contributed by atoms with E-state index in [0.29, 0.717) is 48.7 Å². The number of benzene rings is 2. The van der Waals surface area contributed by atoms with Gasteiger partial charge < -0.3 is 26.2 Å². The molecule has 0 aliphatic carbocycles. The quantitative estimate of drug-likeness (QED) is 0.362. The zero-order chi connectivity index (χ0) is 27.7.